The van der Waals surface area contributed by atoms with Crippen LogP contribution < -0.4 is 87.5 Å². The molecule has 99 heavy (non-hydrogen) atoms. The Labute approximate surface area is 622 Å². The third-order valence-corrected chi connectivity index (χ3v) is 22.3. The summed E-state index contributed by atoms with van der Waals surface area (Å²) in [5.41, 5.74) is 13.9. The first-order valence-corrected chi connectivity index (χ1v) is 38.1. The number of hydrogen-bond acceptors (Lipinski definition) is 20. The number of carbonyl (C=O) groups is 3. The van der Waals surface area contributed by atoms with Gasteiger partial charge < -0.3 is 71.2 Å². The number of hydrogen-bond donors (Lipinski definition) is 6. The molecule has 1 amide bonds. The van der Waals surface area contributed by atoms with Gasteiger partial charge in [0.25, 0.3) is 6.47 Å². The zero-order valence-electron chi connectivity index (χ0n) is 57.3. The molecule has 4 fully saturated rings. The van der Waals surface area contributed by atoms with Crippen molar-refractivity contribution in [2.24, 2.45) is 10.8 Å². The number of amides is 1. The fourth-order valence-corrected chi connectivity index (χ4v) is 16.6. The van der Waals surface area contributed by atoms with Gasteiger partial charge in [0.05, 0.1) is 46.5 Å². The van der Waals surface area contributed by atoms with Crippen molar-refractivity contribution in [2.45, 2.75) is 63.5 Å². The maximum atomic E-state index is 13.4. The summed E-state index contributed by atoms with van der Waals surface area (Å²) in [7, 11) is 3.39. The Balaban J connectivity index is 0.000000244. The second-order valence-electron chi connectivity index (χ2n) is 26.3. The number of nitrogen functional groups attached to an aromatic ring is 1. The van der Waals surface area contributed by atoms with E-state index < -0.39 is 19.5 Å². The van der Waals surface area contributed by atoms with Crippen molar-refractivity contribution >= 4 is 180 Å². The van der Waals surface area contributed by atoms with Gasteiger partial charge in [-0.25, -0.2) is 9.97 Å². The van der Waals surface area contributed by atoms with Crippen LogP contribution in [0, 0.1) is 10.8 Å². The van der Waals surface area contributed by atoms with E-state index in [0.717, 1.165) is 106 Å². The van der Waals surface area contributed by atoms with Crippen molar-refractivity contribution in [3.8, 4) is 0 Å². The molecule has 2 aliphatic heterocycles. The zero-order valence-corrected chi connectivity index (χ0v) is 64.2. The van der Waals surface area contributed by atoms with E-state index in [1.807, 2.05) is 103 Å². The molecule has 4 aliphatic rings. The largest absolute Gasteiger partial charge is 1.00 e. The molecule has 2 aliphatic carbocycles. The molecular formula is C71H85Cl4N14NaO7P2. The smallest absolute Gasteiger partial charge is 0.662 e. The van der Waals surface area contributed by atoms with Crippen LogP contribution in [0.25, 0.3) is 21.5 Å². The Morgan fingerprint density at radius 1 is 0.626 bits per heavy atom. The average molecular weight is 1470 g/mol. The Bertz CT molecular complexity index is 4300. The van der Waals surface area contributed by atoms with Crippen LogP contribution in [-0.4, -0.2) is 140 Å². The molecule has 12 rings (SSSR count). The summed E-state index contributed by atoms with van der Waals surface area (Å²) in [6.07, 6.45) is 15.3. The molecule has 2 saturated heterocycles. The van der Waals surface area contributed by atoms with E-state index in [0.29, 0.717) is 73.2 Å². The first-order valence-electron chi connectivity index (χ1n) is 31.8. The summed E-state index contributed by atoms with van der Waals surface area (Å²) < 4.78 is 26.8. The van der Waals surface area contributed by atoms with E-state index in [2.05, 4.69) is 118 Å². The molecule has 0 bridgehead atoms. The minimum absolute atomic E-state index is 0. The van der Waals surface area contributed by atoms with Crippen molar-refractivity contribution in [3.63, 3.8) is 0 Å². The number of rotatable bonds is 18. The van der Waals surface area contributed by atoms with Gasteiger partial charge in [-0.3, -0.25) is 14.4 Å². The molecule has 0 atom stereocenters. The Morgan fingerprint density at radius 2 is 1.02 bits per heavy atom. The maximum absolute atomic E-state index is 13.4. The van der Waals surface area contributed by atoms with Gasteiger partial charge in [-0.1, -0.05) is 97.0 Å². The third kappa shape index (κ3) is 20.1. The van der Waals surface area contributed by atoms with E-state index in [-0.39, 0.29) is 54.3 Å². The topological polar surface area (TPSA) is 268 Å². The van der Waals surface area contributed by atoms with Gasteiger partial charge in [-0.15, -0.1) is 12.4 Å². The number of benzene rings is 6. The molecule has 4 heterocycles. The van der Waals surface area contributed by atoms with Crippen molar-refractivity contribution in [1.29, 1.82) is 0 Å². The number of nitrogens with zero attached hydrogens (tertiary/aromatic N) is 8. The van der Waals surface area contributed by atoms with E-state index in [1.165, 1.54) is 50.8 Å². The SMILES string of the molecule is C=CC(=O)Cl.C=CC(=O)Nc1cc(Nc2ncc(Cl)c(Nc3ccc4ccccc4c3P(C)(C)=O)n2)ccc1N1CCC2(CC1)CC(N(C)C)C2.CN(C)C1CC2(CCN(c3ccc(Nc4ncc(Cl)c(Nc5ccc6ccccc6c5P(C)(C)=O)n4)cc3N)CC2)C1.Cl.O=CO[O-].[Na+]. The molecule has 7 N–H and O–H groups in total. The number of piperidine rings is 2. The van der Waals surface area contributed by atoms with Gasteiger partial charge in [0.1, 0.15) is 24.3 Å². The molecule has 8 aromatic rings. The summed E-state index contributed by atoms with van der Waals surface area (Å²) >= 11 is 17.8. The van der Waals surface area contributed by atoms with E-state index in [4.69, 9.17) is 50.6 Å². The molecule has 2 spiro atoms. The summed E-state index contributed by atoms with van der Waals surface area (Å²) in [5, 5.41) is 30.2. The molecule has 0 unspecified atom stereocenters. The standard InChI is InChI=1S/C35H41ClN7O2P.C32H39ClN7OP.C3H3ClO.CH2O3.ClH.Na/c1-6-31(44)39-29-19-24(12-14-30(29)43-17-15-35(16-18-43)20-25(21-35)42(2)3)38-34-37-22-27(36)33(41-34)40-28-13-11-23-9-7-8-10-26(23)32(28)46(4,5)45;1-39(2)23-18-32(19-23)13-15-40(16-14-32)28-12-10-22(17-26(28)34)36-31-35-20-25(33)30(38-31)37-27-11-9-21-7-5-6-8-24(21)29(27)42(3,4)41;1-2-3(4)5;2-1-4-3;;/h6-14,19,22,25H,1,15-18,20-21H2,2-5H3,(H,39,44)(H2,37,38,40,41);5-12,17,20,23H,13-16,18-19,34H2,1-4H3,(H2,35,36,37,38);2H,1H2;1,3H;1H;/q;;;;;+1/p-1. The molecule has 21 nitrogen and oxygen atoms in total. The van der Waals surface area contributed by atoms with Crippen molar-refractivity contribution in [3.05, 3.63) is 157 Å². The van der Waals surface area contributed by atoms with Gasteiger partial charge in [0, 0.05) is 60.2 Å². The first kappa shape index (κ1) is 79.5. The molecule has 0 radical (unpaired) electrons. The van der Waals surface area contributed by atoms with Crippen LogP contribution in [0.15, 0.2) is 147 Å². The van der Waals surface area contributed by atoms with Gasteiger partial charge >= 0.3 is 29.6 Å². The van der Waals surface area contributed by atoms with Crippen LogP contribution in [0.5, 0.6) is 0 Å². The fraction of sp³-hybridized carbons (Fsp3) is 0.338. The van der Waals surface area contributed by atoms with Gasteiger partial charge in [-0.2, -0.15) is 9.97 Å². The number of aromatic nitrogens is 4. The molecular weight excluding hydrogens is 1390 g/mol. The average Bonchev–Trinajstić information content (AvgIpc) is 0.780. The Hall–Kier alpha value is -6.81. The van der Waals surface area contributed by atoms with Gasteiger partial charge in [0.15, 0.2) is 11.6 Å². The summed E-state index contributed by atoms with van der Waals surface area (Å²) in [6.45, 7) is 17.6. The predicted octanol–water partition coefficient (Wildman–Crippen LogP) is 11.2. The molecule has 28 heteroatoms. The van der Waals surface area contributed by atoms with E-state index in [1.54, 1.807) is 32.9 Å². The van der Waals surface area contributed by atoms with Crippen molar-refractivity contribution in [1.82, 2.24) is 29.7 Å². The number of carbonyl (C=O) groups excluding carboxylic acids is 3. The van der Waals surface area contributed by atoms with E-state index in [9.17, 15) is 18.7 Å². The van der Waals surface area contributed by atoms with Crippen LogP contribution in [-0.2, 0) is 28.4 Å². The summed E-state index contributed by atoms with van der Waals surface area (Å²) in [4.78, 5) is 60.7. The second kappa shape index (κ2) is 34.7. The van der Waals surface area contributed by atoms with Crippen molar-refractivity contribution in [2.75, 3.05) is 123 Å². The Morgan fingerprint density at radius 3 is 1.39 bits per heavy atom. The zero-order chi connectivity index (χ0) is 70.0. The second-order valence-corrected chi connectivity index (χ2v) is 33.8. The van der Waals surface area contributed by atoms with Crippen LogP contribution in [0.3, 0.4) is 0 Å². The fourth-order valence-electron chi connectivity index (χ4n) is 13.4. The van der Waals surface area contributed by atoms with Crippen LogP contribution in [0.4, 0.5) is 69.0 Å². The Kier molecular flexibility index (Phi) is 27.9. The summed E-state index contributed by atoms with van der Waals surface area (Å²) in [5.74, 6) is 1.24. The number of halogens is 4. The minimum atomic E-state index is -2.68. The molecule has 520 valence electrons. The first-order chi connectivity index (χ1) is 46.1. The van der Waals surface area contributed by atoms with Gasteiger partial charge in [-0.05, 0) is 211 Å². The molecule has 6 aromatic carbocycles. The maximum Gasteiger partial charge on any atom is 1.00 e. The number of fused-ring (bicyclic) bond motifs is 2. The number of anilines is 12. The normalized spacial score (nSPS) is 15.9. The van der Waals surface area contributed by atoms with Crippen molar-refractivity contribution < 1.29 is 63.2 Å². The van der Waals surface area contributed by atoms with Crippen LogP contribution in [0.1, 0.15) is 51.4 Å². The monoisotopic (exact) mass is 1470 g/mol. The third-order valence-electron chi connectivity index (χ3n) is 18.5. The summed E-state index contributed by atoms with van der Waals surface area (Å²) in [6, 6.07) is 37.0. The van der Waals surface area contributed by atoms with Crippen LogP contribution >= 0.6 is 61.5 Å². The van der Waals surface area contributed by atoms with E-state index >= 15 is 0 Å². The number of nitrogens with two attached hydrogens (primary N) is 1. The molecule has 2 saturated carbocycles. The number of nitrogens with one attached hydrogen (secondary N) is 5. The van der Waals surface area contributed by atoms with Gasteiger partial charge in [0.2, 0.25) is 23.0 Å². The minimum Gasteiger partial charge on any atom is -0.662 e. The number of allylic oxidation sites excluding steroid dienone is 1. The molecule has 2 aromatic heterocycles. The quantitative estimate of drug-likeness (QED) is 0.00681. The predicted molar refractivity (Wildman–Crippen MR) is 406 cm³/mol. The van der Waals surface area contributed by atoms with Crippen LogP contribution in [0.2, 0.25) is 10.0 Å².